The van der Waals surface area contributed by atoms with Crippen LogP contribution in [0.15, 0.2) is 18.2 Å². The molecule has 0 bridgehead atoms. The molecule has 118 valence electrons. The summed E-state index contributed by atoms with van der Waals surface area (Å²) in [6.45, 7) is 11.1. The van der Waals surface area contributed by atoms with Gasteiger partial charge in [-0.2, -0.15) is 0 Å². The van der Waals surface area contributed by atoms with Crippen LogP contribution in [-0.2, 0) is 11.2 Å². The monoisotopic (exact) mass is 291 g/mol. The van der Waals surface area contributed by atoms with Gasteiger partial charge in [0.05, 0.1) is 18.2 Å². The first-order valence-electron chi connectivity index (χ1n) is 8.34. The van der Waals surface area contributed by atoms with Gasteiger partial charge in [-0.15, -0.1) is 0 Å². The molecule has 3 heteroatoms. The molecule has 21 heavy (non-hydrogen) atoms. The van der Waals surface area contributed by atoms with Crippen LogP contribution in [0.3, 0.4) is 0 Å². The lowest BCUT2D eigenvalue weighted by atomic mass is 9.82. The molecular weight excluding hydrogens is 262 g/mol. The summed E-state index contributed by atoms with van der Waals surface area (Å²) in [5.41, 5.74) is 2.41. The van der Waals surface area contributed by atoms with Crippen molar-refractivity contribution in [3.8, 4) is 5.75 Å². The van der Waals surface area contributed by atoms with Crippen LogP contribution in [0, 0.1) is 0 Å². The molecule has 0 amide bonds. The second kappa shape index (κ2) is 7.28. The molecule has 1 aromatic carbocycles. The van der Waals surface area contributed by atoms with Crippen LogP contribution < -0.4 is 10.1 Å². The Hall–Kier alpha value is -1.06. The van der Waals surface area contributed by atoms with E-state index >= 15 is 0 Å². The number of fused-ring (bicyclic) bond motifs is 1. The molecule has 0 saturated heterocycles. The highest BCUT2D eigenvalue weighted by molar-refractivity contribution is 5.46. The number of hydrogen-bond acceptors (Lipinski definition) is 3. The fourth-order valence-corrected chi connectivity index (χ4v) is 3.48. The molecule has 1 aromatic rings. The van der Waals surface area contributed by atoms with Crippen molar-refractivity contribution in [1.29, 1.82) is 0 Å². The molecule has 0 radical (unpaired) electrons. The van der Waals surface area contributed by atoms with Gasteiger partial charge >= 0.3 is 0 Å². The average Bonchev–Trinajstić information content (AvgIpc) is 2.99. The van der Waals surface area contributed by atoms with Crippen LogP contribution in [-0.4, -0.2) is 25.4 Å². The minimum atomic E-state index is -0.175. The fourth-order valence-electron chi connectivity index (χ4n) is 3.48. The van der Waals surface area contributed by atoms with Crippen molar-refractivity contribution in [2.24, 2.45) is 0 Å². The Balaban J connectivity index is 2.45. The van der Waals surface area contributed by atoms with E-state index in [9.17, 15) is 0 Å². The lowest BCUT2D eigenvalue weighted by molar-refractivity contribution is -0.0734. The molecule has 1 aliphatic rings. The lowest BCUT2D eigenvalue weighted by Crippen LogP contribution is -2.45. The van der Waals surface area contributed by atoms with E-state index in [1.807, 2.05) is 0 Å². The molecule has 1 unspecified atom stereocenters. The highest BCUT2D eigenvalue weighted by Gasteiger charge is 2.39. The van der Waals surface area contributed by atoms with Gasteiger partial charge in [0.15, 0.2) is 0 Å². The molecule has 0 spiro atoms. The van der Waals surface area contributed by atoms with Gasteiger partial charge in [-0.05, 0) is 31.9 Å². The van der Waals surface area contributed by atoms with Crippen molar-refractivity contribution in [2.45, 2.75) is 58.6 Å². The number of hydrogen-bond donors (Lipinski definition) is 1. The first-order chi connectivity index (χ1) is 10.2. The SMILES string of the molecule is CCNC(c1cccc2c1OCC2)C(CC)(CC)OCC. The third-order valence-corrected chi connectivity index (χ3v) is 4.62. The molecule has 1 aliphatic heterocycles. The van der Waals surface area contributed by atoms with Gasteiger partial charge in [0, 0.05) is 18.6 Å². The second-order valence-corrected chi connectivity index (χ2v) is 5.63. The molecular formula is C18H29NO2. The van der Waals surface area contributed by atoms with Crippen LogP contribution in [0.4, 0.5) is 0 Å². The smallest absolute Gasteiger partial charge is 0.127 e. The van der Waals surface area contributed by atoms with E-state index in [0.717, 1.165) is 44.8 Å². The summed E-state index contributed by atoms with van der Waals surface area (Å²) in [5.74, 6) is 1.08. The molecule has 1 atom stereocenters. The molecule has 0 saturated carbocycles. The molecule has 3 nitrogen and oxygen atoms in total. The Bertz CT molecular complexity index is 455. The van der Waals surface area contributed by atoms with Crippen LogP contribution in [0.1, 0.15) is 57.7 Å². The number of nitrogens with one attached hydrogen (secondary N) is 1. The summed E-state index contributed by atoms with van der Waals surface area (Å²) < 4.78 is 12.2. The van der Waals surface area contributed by atoms with E-state index in [2.05, 4.69) is 51.2 Å². The standard InChI is InChI=1S/C18H29NO2/c1-5-18(6-2,21-8-4)17(19-7-3)15-11-9-10-14-12-13-20-16(14)15/h9-11,17,19H,5-8,12-13H2,1-4H3. The Labute approximate surface area is 129 Å². The Kier molecular flexibility index (Phi) is 5.65. The maximum absolute atomic E-state index is 6.24. The summed E-state index contributed by atoms with van der Waals surface area (Å²) >= 11 is 0. The van der Waals surface area contributed by atoms with Crippen molar-refractivity contribution < 1.29 is 9.47 Å². The highest BCUT2D eigenvalue weighted by Crippen LogP contribution is 2.42. The molecule has 0 fully saturated rings. The van der Waals surface area contributed by atoms with Crippen LogP contribution >= 0.6 is 0 Å². The lowest BCUT2D eigenvalue weighted by Gasteiger charge is -2.40. The Morgan fingerprint density at radius 1 is 1.24 bits per heavy atom. The number of ether oxygens (including phenoxy) is 2. The normalized spacial score (nSPS) is 15.6. The highest BCUT2D eigenvalue weighted by atomic mass is 16.5. The maximum Gasteiger partial charge on any atom is 0.127 e. The van der Waals surface area contributed by atoms with E-state index in [4.69, 9.17) is 9.47 Å². The summed E-state index contributed by atoms with van der Waals surface area (Å²) in [7, 11) is 0. The molecule has 1 N–H and O–H groups in total. The largest absolute Gasteiger partial charge is 0.493 e. The zero-order valence-corrected chi connectivity index (χ0v) is 13.9. The predicted octanol–water partition coefficient (Wildman–Crippen LogP) is 3.87. The van der Waals surface area contributed by atoms with E-state index in [1.165, 1.54) is 11.1 Å². The fraction of sp³-hybridized carbons (Fsp3) is 0.667. The Morgan fingerprint density at radius 2 is 2.00 bits per heavy atom. The first kappa shape index (κ1) is 16.3. The van der Waals surface area contributed by atoms with Crippen LogP contribution in [0.5, 0.6) is 5.75 Å². The van der Waals surface area contributed by atoms with Crippen molar-refractivity contribution in [3.05, 3.63) is 29.3 Å². The van der Waals surface area contributed by atoms with Gasteiger partial charge in [0.1, 0.15) is 5.75 Å². The molecule has 2 rings (SSSR count). The van der Waals surface area contributed by atoms with E-state index in [-0.39, 0.29) is 11.6 Å². The summed E-state index contributed by atoms with van der Waals surface area (Å²) in [5, 5.41) is 3.65. The number of rotatable bonds is 8. The summed E-state index contributed by atoms with van der Waals surface area (Å²) in [6.07, 6.45) is 2.99. The predicted molar refractivity (Wildman–Crippen MR) is 87.0 cm³/mol. The molecule has 0 aliphatic carbocycles. The van der Waals surface area contributed by atoms with E-state index in [0.29, 0.717) is 0 Å². The summed E-state index contributed by atoms with van der Waals surface area (Å²) in [4.78, 5) is 0. The quantitative estimate of drug-likeness (QED) is 0.788. The second-order valence-electron chi connectivity index (χ2n) is 5.63. The molecule has 0 aromatic heterocycles. The minimum absolute atomic E-state index is 0.172. The third kappa shape index (κ3) is 3.09. The maximum atomic E-state index is 6.24. The topological polar surface area (TPSA) is 30.5 Å². The van der Waals surface area contributed by atoms with Gasteiger partial charge in [0.2, 0.25) is 0 Å². The van der Waals surface area contributed by atoms with Gasteiger partial charge in [-0.1, -0.05) is 39.0 Å². The number of likely N-dealkylation sites (N-methyl/N-ethyl adjacent to an activating group) is 1. The van der Waals surface area contributed by atoms with Gasteiger partial charge in [0.25, 0.3) is 0 Å². The minimum Gasteiger partial charge on any atom is -0.493 e. The molecule has 1 heterocycles. The Morgan fingerprint density at radius 3 is 2.62 bits per heavy atom. The van der Waals surface area contributed by atoms with Crippen molar-refractivity contribution >= 4 is 0 Å². The van der Waals surface area contributed by atoms with E-state index in [1.54, 1.807) is 0 Å². The zero-order chi connectivity index (χ0) is 15.3. The van der Waals surface area contributed by atoms with Gasteiger partial charge < -0.3 is 14.8 Å². The number of para-hydroxylation sites is 1. The van der Waals surface area contributed by atoms with Gasteiger partial charge in [-0.3, -0.25) is 0 Å². The average molecular weight is 291 g/mol. The van der Waals surface area contributed by atoms with Crippen molar-refractivity contribution in [3.63, 3.8) is 0 Å². The van der Waals surface area contributed by atoms with Crippen molar-refractivity contribution in [2.75, 3.05) is 19.8 Å². The zero-order valence-electron chi connectivity index (χ0n) is 13.9. The summed E-state index contributed by atoms with van der Waals surface area (Å²) in [6, 6.07) is 6.69. The van der Waals surface area contributed by atoms with Crippen LogP contribution in [0.2, 0.25) is 0 Å². The first-order valence-corrected chi connectivity index (χ1v) is 8.34. The van der Waals surface area contributed by atoms with E-state index < -0.39 is 0 Å². The van der Waals surface area contributed by atoms with Crippen LogP contribution in [0.25, 0.3) is 0 Å². The third-order valence-electron chi connectivity index (χ3n) is 4.62. The van der Waals surface area contributed by atoms with Crippen molar-refractivity contribution in [1.82, 2.24) is 5.32 Å². The number of benzene rings is 1. The van der Waals surface area contributed by atoms with Gasteiger partial charge in [-0.25, -0.2) is 0 Å².